The van der Waals surface area contributed by atoms with Gasteiger partial charge in [0, 0.05) is 30.7 Å². The summed E-state index contributed by atoms with van der Waals surface area (Å²) in [6.07, 6.45) is 3.29. The van der Waals surface area contributed by atoms with Crippen molar-refractivity contribution in [2.45, 2.75) is 11.3 Å². The van der Waals surface area contributed by atoms with Crippen LogP contribution in [-0.2, 0) is 16.4 Å². The molecule has 102 valence electrons. The highest BCUT2D eigenvalue weighted by Crippen LogP contribution is 2.11. The summed E-state index contributed by atoms with van der Waals surface area (Å²) in [5.74, 6) is -1.20. The molecule has 0 saturated heterocycles. The summed E-state index contributed by atoms with van der Waals surface area (Å²) in [5.41, 5.74) is -0.166. The van der Waals surface area contributed by atoms with Crippen molar-refractivity contribution in [3.8, 4) is 0 Å². The predicted molar refractivity (Wildman–Crippen MR) is 68.8 cm³/mol. The molecule has 9 heteroatoms. The lowest BCUT2D eigenvalue weighted by molar-refractivity contribution is 0.0691. The van der Waals surface area contributed by atoms with E-state index in [9.17, 15) is 13.2 Å². The van der Waals surface area contributed by atoms with E-state index < -0.39 is 16.0 Å². The number of aromatic nitrogens is 2. The van der Waals surface area contributed by atoms with Crippen molar-refractivity contribution in [3.63, 3.8) is 0 Å². The first-order chi connectivity index (χ1) is 8.99. The van der Waals surface area contributed by atoms with Crippen LogP contribution in [0.3, 0.4) is 0 Å². The van der Waals surface area contributed by atoms with Crippen LogP contribution in [0.1, 0.15) is 15.5 Å². The third-order valence-electron chi connectivity index (χ3n) is 2.31. The van der Waals surface area contributed by atoms with Gasteiger partial charge in [-0.1, -0.05) is 0 Å². The molecule has 0 saturated carbocycles. The molecule has 2 heterocycles. The molecule has 2 rings (SSSR count). The van der Waals surface area contributed by atoms with Crippen molar-refractivity contribution in [1.82, 2.24) is 14.7 Å². The number of carbonyl (C=O) groups is 1. The smallest absolute Gasteiger partial charge is 0.352 e. The first kappa shape index (κ1) is 13.7. The standard InChI is InChI=1S/C10H11N3O4S2/c14-10(15)8-5-7(6-12-8)19(16,17)13-2-1-9-11-3-4-18-9/h3-6,12-13H,1-2H2,(H,14,15). The van der Waals surface area contributed by atoms with E-state index in [1.807, 2.05) is 5.38 Å². The first-order valence-electron chi connectivity index (χ1n) is 5.29. The minimum absolute atomic E-state index is 0.0935. The lowest BCUT2D eigenvalue weighted by Crippen LogP contribution is -2.25. The summed E-state index contributed by atoms with van der Waals surface area (Å²) in [7, 11) is -3.69. The Balaban J connectivity index is 1.99. The minimum atomic E-state index is -3.69. The van der Waals surface area contributed by atoms with E-state index in [1.165, 1.54) is 11.3 Å². The molecule has 2 aromatic rings. The monoisotopic (exact) mass is 301 g/mol. The van der Waals surface area contributed by atoms with E-state index in [-0.39, 0.29) is 17.1 Å². The lowest BCUT2D eigenvalue weighted by Gasteiger charge is -2.02. The van der Waals surface area contributed by atoms with E-state index >= 15 is 0 Å². The summed E-state index contributed by atoms with van der Waals surface area (Å²) < 4.78 is 26.1. The Hall–Kier alpha value is -1.71. The van der Waals surface area contributed by atoms with Gasteiger partial charge in [0.15, 0.2) is 0 Å². The molecule has 0 aliphatic carbocycles. The molecular formula is C10H11N3O4S2. The summed E-state index contributed by atoms with van der Waals surface area (Å²) in [6, 6.07) is 1.08. The Bertz CT molecular complexity index is 661. The molecule has 3 N–H and O–H groups in total. The molecule has 0 spiro atoms. The fourth-order valence-corrected chi connectivity index (χ4v) is 3.05. The van der Waals surface area contributed by atoms with Gasteiger partial charge in [-0.3, -0.25) is 0 Å². The maximum Gasteiger partial charge on any atom is 0.352 e. The van der Waals surface area contributed by atoms with E-state index in [0.29, 0.717) is 6.42 Å². The molecule has 0 fully saturated rings. The molecule has 0 unspecified atom stereocenters. The number of nitrogens with one attached hydrogen (secondary N) is 2. The highest BCUT2D eigenvalue weighted by Gasteiger charge is 2.17. The zero-order chi connectivity index (χ0) is 13.9. The SMILES string of the molecule is O=C(O)c1cc(S(=O)(=O)NCCc2nccs2)c[nH]1. The van der Waals surface area contributed by atoms with E-state index in [2.05, 4.69) is 14.7 Å². The van der Waals surface area contributed by atoms with Gasteiger partial charge >= 0.3 is 5.97 Å². The fourth-order valence-electron chi connectivity index (χ4n) is 1.41. The van der Waals surface area contributed by atoms with Crippen LogP contribution in [0, 0.1) is 0 Å². The van der Waals surface area contributed by atoms with Crippen molar-refractivity contribution >= 4 is 27.3 Å². The third-order valence-corrected chi connectivity index (χ3v) is 4.59. The normalized spacial score (nSPS) is 11.6. The average molecular weight is 301 g/mol. The van der Waals surface area contributed by atoms with Crippen molar-refractivity contribution in [3.05, 3.63) is 34.5 Å². The lowest BCUT2D eigenvalue weighted by atomic mass is 10.4. The van der Waals surface area contributed by atoms with Crippen LogP contribution in [0.2, 0.25) is 0 Å². The molecular weight excluding hydrogens is 290 g/mol. The third kappa shape index (κ3) is 3.40. The van der Waals surface area contributed by atoms with Gasteiger partial charge in [0.05, 0.1) is 5.01 Å². The number of carboxylic acid groups (broad SMARTS) is 1. The van der Waals surface area contributed by atoms with Crippen LogP contribution in [0.25, 0.3) is 0 Å². The number of carboxylic acids is 1. The van der Waals surface area contributed by atoms with Crippen LogP contribution in [0.15, 0.2) is 28.7 Å². The molecule has 0 aliphatic rings. The summed E-state index contributed by atoms with van der Waals surface area (Å²) >= 11 is 1.45. The van der Waals surface area contributed by atoms with Crippen LogP contribution in [0.5, 0.6) is 0 Å². The maximum atomic E-state index is 11.9. The topological polar surface area (TPSA) is 112 Å². The number of aromatic amines is 1. The number of rotatable bonds is 6. The average Bonchev–Trinajstić information content (AvgIpc) is 2.99. The number of H-pyrrole nitrogens is 1. The molecule has 0 radical (unpaired) electrons. The summed E-state index contributed by atoms with van der Waals surface area (Å²) in [6.45, 7) is 0.212. The molecule has 0 bridgehead atoms. The zero-order valence-electron chi connectivity index (χ0n) is 9.66. The second kappa shape index (κ2) is 5.51. The molecule has 0 atom stereocenters. The fraction of sp³-hybridized carbons (Fsp3) is 0.200. The van der Waals surface area contributed by atoms with Gasteiger partial charge in [0.25, 0.3) is 0 Å². The summed E-state index contributed by atoms with van der Waals surface area (Å²) in [4.78, 5) is 17.0. The summed E-state index contributed by atoms with van der Waals surface area (Å²) in [5, 5.41) is 11.4. The molecule has 2 aromatic heterocycles. The quantitative estimate of drug-likeness (QED) is 0.726. The molecule has 7 nitrogen and oxygen atoms in total. The number of nitrogens with zero attached hydrogens (tertiary/aromatic N) is 1. The molecule has 0 aliphatic heterocycles. The van der Waals surface area contributed by atoms with Crippen molar-refractivity contribution < 1.29 is 18.3 Å². The molecule has 0 amide bonds. The van der Waals surface area contributed by atoms with E-state index in [0.717, 1.165) is 17.3 Å². The second-order valence-corrected chi connectivity index (χ2v) is 6.37. The second-order valence-electron chi connectivity index (χ2n) is 3.63. The van der Waals surface area contributed by atoms with Gasteiger partial charge in [-0.05, 0) is 6.07 Å². The molecule has 0 aromatic carbocycles. The number of thiazole rings is 1. The van der Waals surface area contributed by atoms with Crippen LogP contribution in [0.4, 0.5) is 0 Å². The molecule has 19 heavy (non-hydrogen) atoms. The van der Waals surface area contributed by atoms with Crippen LogP contribution < -0.4 is 4.72 Å². The van der Waals surface area contributed by atoms with Gasteiger partial charge in [-0.25, -0.2) is 22.9 Å². The zero-order valence-corrected chi connectivity index (χ0v) is 11.3. The van der Waals surface area contributed by atoms with Gasteiger partial charge in [-0.2, -0.15) is 0 Å². The van der Waals surface area contributed by atoms with E-state index in [1.54, 1.807) is 6.20 Å². The van der Waals surface area contributed by atoms with Crippen LogP contribution in [-0.4, -0.2) is 36.0 Å². The Morgan fingerprint density at radius 1 is 1.53 bits per heavy atom. The van der Waals surface area contributed by atoms with Crippen molar-refractivity contribution in [1.29, 1.82) is 0 Å². The van der Waals surface area contributed by atoms with Crippen molar-refractivity contribution in [2.75, 3.05) is 6.54 Å². The van der Waals surface area contributed by atoms with Crippen LogP contribution >= 0.6 is 11.3 Å². The van der Waals surface area contributed by atoms with Crippen molar-refractivity contribution in [2.24, 2.45) is 0 Å². The Kier molecular flexibility index (Phi) is 3.98. The Morgan fingerprint density at radius 2 is 2.32 bits per heavy atom. The first-order valence-corrected chi connectivity index (χ1v) is 7.65. The largest absolute Gasteiger partial charge is 0.477 e. The predicted octanol–water partition coefficient (Wildman–Crippen LogP) is 0.690. The number of hydrogen-bond acceptors (Lipinski definition) is 5. The van der Waals surface area contributed by atoms with Gasteiger partial charge in [-0.15, -0.1) is 11.3 Å². The number of aromatic carboxylic acids is 1. The van der Waals surface area contributed by atoms with Gasteiger partial charge < -0.3 is 10.1 Å². The number of hydrogen-bond donors (Lipinski definition) is 3. The highest BCUT2D eigenvalue weighted by atomic mass is 32.2. The van der Waals surface area contributed by atoms with Gasteiger partial charge in [0.2, 0.25) is 10.0 Å². The number of sulfonamides is 1. The van der Waals surface area contributed by atoms with E-state index in [4.69, 9.17) is 5.11 Å². The van der Waals surface area contributed by atoms with Gasteiger partial charge in [0.1, 0.15) is 10.6 Å². The minimum Gasteiger partial charge on any atom is -0.477 e. The highest BCUT2D eigenvalue weighted by molar-refractivity contribution is 7.89. The Labute approximate surface area is 113 Å². The maximum absolute atomic E-state index is 11.9. The Morgan fingerprint density at radius 3 is 2.89 bits per heavy atom.